The second-order valence-corrected chi connectivity index (χ2v) is 1.88. The molecule has 0 N–H and O–H groups in total. The highest BCUT2D eigenvalue weighted by molar-refractivity contribution is 7.80. The van der Waals surface area contributed by atoms with E-state index < -0.39 is 0 Å². The summed E-state index contributed by atoms with van der Waals surface area (Å²) in [6, 6.07) is 0. The minimum Gasteiger partial charge on any atom is -0.465 e. The number of thiol groups is 1. The van der Waals surface area contributed by atoms with E-state index in [2.05, 4.69) is 23.9 Å². The van der Waals surface area contributed by atoms with E-state index in [9.17, 15) is 4.79 Å². The molecule has 3 heteroatoms. The summed E-state index contributed by atoms with van der Waals surface area (Å²) in [5.74, 6) is 0.335. The number of rotatable bonds is 4. The van der Waals surface area contributed by atoms with Crippen LogP contribution in [0.3, 0.4) is 0 Å². The Morgan fingerprint density at radius 2 is 2.44 bits per heavy atom. The minimum absolute atomic E-state index is 0.237. The van der Waals surface area contributed by atoms with Crippen LogP contribution in [0.4, 0.5) is 0 Å². The molecule has 0 heterocycles. The van der Waals surface area contributed by atoms with E-state index in [-0.39, 0.29) is 12.4 Å². The van der Waals surface area contributed by atoms with Crippen LogP contribution in [0.2, 0.25) is 0 Å². The van der Waals surface area contributed by atoms with Gasteiger partial charge in [0.25, 0.3) is 0 Å². The molecule has 0 saturated carbocycles. The fourth-order valence-corrected chi connectivity index (χ4v) is 0.428. The maximum atomic E-state index is 10.5. The Hall–Kier alpha value is -0.440. The van der Waals surface area contributed by atoms with Crippen LogP contribution in [-0.2, 0) is 9.53 Å². The molecule has 0 aliphatic carbocycles. The summed E-state index contributed by atoms with van der Waals surface area (Å²) in [4.78, 5) is 10.5. The fourth-order valence-electron chi connectivity index (χ4n) is 0.336. The summed E-state index contributed by atoms with van der Waals surface area (Å²) in [5, 5.41) is 0. The van der Waals surface area contributed by atoms with Gasteiger partial charge in [-0.3, -0.25) is 4.79 Å². The molecule has 0 aliphatic heterocycles. The molecular weight excluding hydrogens is 136 g/mol. The molecule has 0 aromatic heterocycles. The van der Waals surface area contributed by atoms with E-state index in [4.69, 9.17) is 0 Å². The molecule has 0 aliphatic rings. The van der Waals surface area contributed by atoms with Gasteiger partial charge in [0, 0.05) is 5.75 Å². The third kappa shape index (κ3) is 5.43. The van der Waals surface area contributed by atoms with Gasteiger partial charge in [-0.1, -0.05) is 6.08 Å². The van der Waals surface area contributed by atoms with Crippen molar-refractivity contribution < 1.29 is 9.53 Å². The Morgan fingerprint density at radius 3 is 2.89 bits per heavy atom. The Labute approximate surface area is 60.3 Å². The highest BCUT2D eigenvalue weighted by Gasteiger charge is 1.95. The van der Waals surface area contributed by atoms with E-state index in [1.807, 2.05) is 0 Å². The van der Waals surface area contributed by atoms with E-state index in [1.54, 1.807) is 0 Å². The normalized spacial score (nSPS) is 8.56. The van der Waals surface area contributed by atoms with Crippen molar-refractivity contribution in [3.63, 3.8) is 0 Å². The molecule has 0 bridgehead atoms. The predicted molar refractivity (Wildman–Crippen MR) is 39.6 cm³/mol. The van der Waals surface area contributed by atoms with Gasteiger partial charge in [-0.2, -0.15) is 12.6 Å². The Balaban J connectivity index is 3.16. The number of carbonyl (C=O) groups excluding carboxylic acids is 1. The van der Waals surface area contributed by atoms with E-state index in [0.717, 1.165) is 0 Å². The molecule has 0 fully saturated rings. The number of ether oxygens (including phenoxy) is 1. The van der Waals surface area contributed by atoms with Gasteiger partial charge >= 0.3 is 5.97 Å². The molecule has 0 saturated heterocycles. The number of hydrogen-bond donors (Lipinski definition) is 1. The van der Waals surface area contributed by atoms with Gasteiger partial charge in [-0.05, 0) is 0 Å². The van der Waals surface area contributed by atoms with E-state index >= 15 is 0 Å². The van der Waals surface area contributed by atoms with Gasteiger partial charge in [-0.15, -0.1) is 6.58 Å². The van der Waals surface area contributed by atoms with Crippen molar-refractivity contribution >= 4 is 18.6 Å². The Bertz CT molecular complexity index is 101. The second kappa shape index (κ2) is 5.69. The highest BCUT2D eigenvalue weighted by Crippen LogP contribution is 1.86. The predicted octanol–water partition coefficient (Wildman–Crippen LogP) is 1.04. The van der Waals surface area contributed by atoms with Crippen LogP contribution in [0.25, 0.3) is 0 Å². The van der Waals surface area contributed by atoms with E-state index in [1.165, 1.54) is 6.08 Å². The topological polar surface area (TPSA) is 26.3 Å². The lowest BCUT2D eigenvalue weighted by atomic mass is 10.4. The average Bonchev–Trinajstić information content (AvgIpc) is 1.85. The molecular formula is C6H10O2S. The molecule has 0 spiro atoms. The summed E-state index contributed by atoms with van der Waals surface area (Å²) in [7, 11) is 0. The van der Waals surface area contributed by atoms with Crippen LogP contribution in [0, 0.1) is 0 Å². The van der Waals surface area contributed by atoms with Gasteiger partial charge < -0.3 is 4.74 Å². The van der Waals surface area contributed by atoms with Gasteiger partial charge in [0.15, 0.2) is 0 Å². The maximum Gasteiger partial charge on any atom is 0.309 e. The summed E-state index contributed by atoms with van der Waals surface area (Å²) < 4.78 is 4.64. The van der Waals surface area contributed by atoms with Crippen LogP contribution in [0.15, 0.2) is 12.7 Å². The molecule has 0 radical (unpaired) electrons. The lowest BCUT2D eigenvalue weighted by Crippen LogP contribution is -2.04. The molecule has 2 nitrogen and oxygen atoms in total. The van der Waals surface area contributed by atoms with Crippen LogP contribution >= 0.6 is 12.6 Å². The first-order valence-corrected chi connectivity index (χ1v) is 3.32. The zero-order valence-electron chi connectivity index (χ0n) is 5.17. The molecule has 0 atom stereocenters. The quantitative estimate of drug-likeness (QED) is 0.364. The lowest BCUT2D eigenvalue weighted by Gasteiger charge is -1.97. The zero-order valence-corrected chi connectivity index (χ0v) is 6.06. The first-order valence-electron chi connectivity index (χ1n) is 2.68. The van der Waals surface area contributed by atoms with Gasteiger partial charge in [-0.25, -0.2) is 0 Å². The van der Waals surface area contributed by atoms with E-state index in [0.29, 0.717) is 12.4 Å². The van der Waals surface area contributed by atoms with Crippen molar-refractivity contribution in [3.8, 4) is 0 Å². The van der Waals surface area contributed by atoms with Crippen molar-refractivity contribution in [2.75, 3.05) is 12.4 Å². The van der Waals surface area contributed by atoms with Gasteiger partial charge in [0.05, 0.1) is 6.42 Å². The van der Waals surface area contributed by atoms with Crippen LogP contribution in [0.5, 0.6) is 0 Å². The van der Waals surface area contributed by atoms with Crippen LogP contribution in [0.1, 0.15) is 6.42 Å². The smallest absolute Gasteiger partial charge is 0.309 e. The standard InChI is InChI=1S/C6H10O2S/c1-2-3-6(7)8-4-5-9/h2,9H,1,3-5H2. The highest BCUT2D eigenvalue weighted by atomic mass is 32.1. The molecule has 0 unspecified atom stereocenters. The summed E-state index contributed by atoms with van der Waals surface area (Å²) in [5.41, 5.74) is 0. The summed E-state index contributed by atoms with van der Waals surface area (Å²) in [6.07, 6.45) is 1.80. The summed E-state index contributed by atoms with van der Waals surface area (Å²) >= 11 is 3.86. The lowest BCUT2D eigenvalue weighted by molar-refractivity contribution is -0.141. The van der Waals surface area contributed by atoms with Crippen molar-refractivity contribution in [2.45, 2.75) is 6.42 Å². The summed E-state index contributed by atoms with van der Waals surface area (Å²) in [6.45, 7) is 3.77. The maximum absolute atomic E-state index is 10.5. The molecule has 0 rings (SSSR count). The largest absolute Gasteiger partial charge is 0.465 e. The first-order chi connectivity index (χ1) is 4.31. The number of hydrogen-bond acceptors (Lipinski definition) is 3. The average molecular weight is 146 g/mol. The molecule has 9 heavy (non-hydrogen) atoms. The number of esters is 1. The van der Waals surface area contributed by atoms with Gasteiger partial charge in [0.1, 0.15) is 6.61 Å². The molecule has 0 aromatic carbocycles. The number of carbonyl (C=O) groups is 1. The third-order valence-corrected chi connectivity index (χ3v) is 0.848. The Kier molecular flexibility index (Phi) is 5.41. The minimum atomic E-state index is -0.237. The van der Waals surface area contributed by atoms with Crippen molar-refractivity contribution in [1.29, 1.82) is 0 Å². The molecule has 0 aromatic rings. The fraction of sp³-hybridized carbons (Fsp3) is 0.500. The zero-order chi connectivity index (χ0) is 7.11. The van der Waals surface area contributed by atoms with Crippen molar-refractivity contribution in [2.24, 2.45) is 0 Å². The Morgan fingerprint density at radius 1 is 1.78 bits per heavy atom. The first kappa shape index (κ1) is 8.56. The second-order valence-electron chi connectivity index (χ2n) is 1.44. The SMILES string of the molecule is C=CCC(=O)OCCS. The molecule has 0 amide bonds. The van der Waals surface area contributed by atoms with Crippen LogP contribution < -0.4 is 0 Å². The van der Waals surface area contributed by atoms with Gasteiger partial charge in [0.2, 0.25) is 0 Å². The molecule has 52 valence electrons. The van der Waals surface area contributed by atoms with Crippen LogP contribution in [-0.4, -0.2) is 18.3 Å². The monoisotopic (exact) mass is 146 g/mol. The third-order valence-electron chi connectivity index (χ3n) is 0.665. The van der Waals surface area contributed by atoms with Crippen molar-refractivity contribution in [3.05, 3.63) is 12.7 Å². The van der Waals surface area contributed by atoms with Crippen molar-refractivity contribution in [1.82, 2.24) is 0 Å².